The number of rotatable bonds is 6. The lowest BCUT2D eigenvalue weighted by Crippen LogP contribution is -2.28. The molecule has 1 fully saturated rings. The normalized spacial score (nSPS) is 15.9. The number of fused-ring (bicyclic) bond motifs is 1. The molecule has 0 radical (unpaired) electrons. The fourth-order valence-corrected chi connectivity index (χ4v) is 4.57. The molecule has 1 aliphatic rings. The van der Waals surface area contributed by atoms with Gasteiger partial charge in [-0.2, -0.15) is 8.78 Å². The van der Waals surface area contributed by atoms with E-state index in [0.29, 0.717) is 5.56 Å². The average Bonchev–Trinajstić information content (AvgIpc) is 3.42. The average molecular weight is 506 g/mol. The summed E-state index contributed by atoms with van der Waals surface area (Å²) in [7, 11) is -2.93. The van der Waals surface area contributed by atoms with Crippen LogP contribution in [0.4, 0.5) is 23.4 Å². The first-order valence-corrected chi connectivity index (χ1v) is 11.7. The van der Waals surface area contributed by atoms with E-state index in [9.17, 15) is 17.2 Å². The molecule has 0 bridgehead atoms. The first-order chi connectivity index (χ1) is 16.7. The number of thiol groups is 1. The van der Waals surface area contributed by atoms with Crippen molar-refractivity contribution in [3.8, 4) is 0 Å². The van der Waals surface area contributed by atoms with Gasteiger partial charge in [-0.25, -0.2) is 31.8 Å². The van der Waals surface area contributed by atoms with E-state index in [4.69, 9.17) is 0 Å². The lowest BCUT2D eigenvalue weighted by atomic mass is 10.1. The minimum absolute atomic E-state index is 0.0284. The van der Waals surface area contributed by atoms with Crippen LogP contribution in [0.15, 0.2) is 59.5 Å². The van der Waals surface area contributed by atoms with Crippen LogP contribution < -0.4 is 4.90 Å². The molecule has 5 rings (SSSR count). The fourth-order valence-electron chi connectivity index (χ4n) is 3.99. The number of alkyl halides is 4. The zero-order valence-corrected chi connectivity index (χ0v) is 18.9. The molecule has 182 valence electrons. The van der Waals surface area contributed by atoms with E-state index in [1.807, 2.05) is 0 Å². The molecule has 2 aromatic heterocycles. The Morgan fingerprint density at radius 3 is 2.40 bits per heavy atom. The molecule has 1 saturated heterocycles. The molecule has 0 unspecified atom stereocenters. The first kappa shape index (κ1) is 23.1. The summed E-state index contributed by atoms with van der Waals surface area (Å²) >= 11 is 0. The predicted molar refractivity (Wildman–Crippen MR) is 118 cm³/mol. The van der Waals surface area contributed by atoms with E-state index in [2.05, 4.69) is 20.3 Å². The highest BCUT2D eigenvalue weighted by Crippen LogP contribution is 2.38. The van der Waals surface area contributed by atoms with Crippen molar-refractivity contribution in [3.05, 3.63) is 71.5 Å². The molecule has 0 amide bonds. The van der Waals surface area contributed by atoms with Crippen molar-refractivity contribution in [2.75, 3.05) is 18.0 Å². The van der Waals surface area contributed by atoms with Crippen LogP contribution in [0.2, 0.25) is 0 Å². The number of hydrogen-bond acceptors (Lipinski definition) is 7. The van der Waals surface area contributed by atoms with Crippen molar-refractivity contribution < 1.29 is 26.0 Å². The quantitative estimate of drug-likeness (QED) is 0.317. The summed E-state index contributed by atoms with van der Waals surface area (Å²) in [5.41, 5.74) is -0.171. The van der Waals surface area contributed by atoms with Gasteiger partial charge in [0.25, 0.3) is 5.92 Å². The molecule has 13 heteroatoms. The third-order valence-corrected chi connectivity index (χ3v) is 6.57. The molecule has 1 aliphatic heterocycles. The van der Waals surface area contributed by atoms with Crippen LogP contribution in [0.1, 0.15) is 23.4 Å². The maximum Gasteiger partial charge on any atom is 0.331 e. The van der Waals surface area contributed by atoms with E-state index < -0.39 is 41.3 Å². The Hall–Kier alpha value is -3.61. The van der Waals surface area contributed by atoms with E-state index in [1.54, 1.807) is 24.3 Å². The fraction of sp³-hybridized carbons (Fsp3) is 0.273. The van der Waals surface area contributed by atoms with Crippen molar-refractivity contribution in [3.63, 3.8) is 0 Å². The smallest absolute Gasteiger partial charge is 0.331 e. The Morgan fingerprint density at radius 1 is 1.00 bits per heavy atom. The molecular weight excluding hydrogens is 488 g/mol. The Bertz CT molecular complexity index is 1470. The topological polar surface area (TPSA) is 93.9 Å². The highest BCUT2D eigenvalue weighted by molar-refractivity contribution is 7.72. The van der Waals surface area contributed by atoms with Gasteiger partial charge < -0.3 is 4.90 Å². The van der Waals surface area contributed by atoms with Gasteiger partial charge in [0.1, 0.15) is 0 Å². The van der Waals surface area contributed by atoms with Crippen molar-refractivity contribution in [2.24, 2.45) is 0 Å². The van der Waals surface area contributed by atoms with E-state index in [0.717, 1.165) is 4.68 Å². The molecule has 3 heterocycles. The summed E-state index contributed by atoms with van der Waals surface area (Å²) in [6.07, 6.45) is -0.457. The van der Waals surface area contributed by atoms with E-state index >= 15 is 8.78 Å². The van der Waals surface area contributed by atoms with Crippen LogP contribution >= 0.6 is 0 Å². The van der Waals surface area contributed by atoms with Crippen LogP contribution in [-0.2, 0) is 23.2 Å². The predicted octanol–water partition coefficient (Wildman–Crippen LogP) is 3.23. The number of halogens is 4. The lowest BCUT2D eigenvalue weighted by molar-refractivity contribution is 0.0256. The number of hydrogen-bond donors (Lipinski definition) is 1. The van der Waals surface area contributed by atoms with Crippen molar-refractivity contribution >= 4 is 27.7 Å². The van der Waals surface area contributed by atoms with Crippen molar-refractivity contribution in [1.29, 1.82) is 0 Å². The third kappa shape index (κ3) is 4.31. The molecule has 0 spiro atoms. The van der Waals surface area contributed by atoms with E-state index in [1.165, 1.54) is 35.2 Å². The largest absolute Gasteiger partial charge is 0.348 e. The standard InChI is InChI=1S/C22H18F4N6O2S/c23-21(24)10-11-31(13-21)18-17-19(28-20(27-18)22(25,26)15-7-2-1-3-8-15)32(30-29-17)12-14-6-4-5-9-16(14)35(33)34/h1-9,35H,10-13H2. The number of aromatic nitrogens is 5. The van der Waals surface area contributed by atoms with E-state index in [-0.39, 0.29) is 40.5 Å². The summed E-state index contributed by atoms with van der Waals surface area (Å²) in [6.45, 7) is -0.956. The first-order valence-electron chi connectivity index (χ1n) is 10.6. The highest BCUT2D eigenvalue weighted by atomic mass is 32.2. The molecule has 0 saturated carbocycles. The summed E-state index contributed by atoms with van der Waals surface area (Å²) in [4.78, 5) is 9.24. The van der Waals surface area contributed by atoms with Gasteiger partial charge in [0, 0.05) is 18.5 Å². The molecule has 0 aliphatic carbocycles. The van der Waals surface area contributed by atoms with Gasteiger partial charge >= 0.3 is 5.92 Å². The molecule has 35 heavy (non-hydrogen) atoms. The zero-order valence-electron chi connectivity index (χ0n) is 18.0. The third-order valence-electron chi connectivity index (χ3n) is 5.74. The maximum atomic E-state index is 15.4. The second-order valence-electron chi connectivity index (χ2n) is 8.14. The Labute approximate surface area is 198 Å². The zero-order chi connectivity index (χ0) is 24.8. The summed E-state index contributed by atoms with van der Waals surface area (Å²) in [5, 5.41) is 7.95. The van der Waals surface area contributed by atoms with Gasteiger partial charge in [-0.3, -0.25) is 0 Å². The molecule has 0 atom stereocenters. The van der Waals surface area contributed by atoms with Gasteiger partial charge in [-0.1, -0.05) is 53.7 Å². The minimum Gasteiger partial charge on any atom is -0.348 e. The monoisotopic (exact) mass is 506 g/mol. The molecule has 0 N–H and O–H groups in total. The number of nitrogens with zero attached hydrogens (tertiary/aromatic N) is 6. The molecule has 8 nitrogen and oxygen atoms in total. The van der Waals surface area contributed by atoms with Gasteiger partial charge in [-0.05, 0) is 11.6 Å². The molecule has 2 aromatic carbocycles. The summed E-state index contributed by atoms with van der Waals surface area (Å²) < 4.78 is 83.3. The number of anilines is 1. The second-order valence-corrected chi connectivity index (χ2v) is 9.14. The van der Waals surface area contributed by atoms with Crippen LogP contribution in [0.3, 0.4) is 0 Å². The van der Waals surface area contributed by atoms with Crippen LogP contribution in [0.25, 0.3) is 11.2 Å². The van der Waals surface area contributed by atoms with Crippen LogP contribution in [0, 0.1) is 0 Å². The Morgan fingerprint density at radius 2 is 1.71 bits per heavy atom. The van der Waals surface area contributed by atoms with Crippen LogP contribution in [-0.4, -0.2) is 52.4 Å². The van der Waals surface area contributed by atoms with Crippen molar-refractivity contribution in [2.45, 2.75) is 29.7 Å². The molecule has 4 aromatic rings. The highest BCUT2D eigenvalue weighted by Gasteiger charge is 2.43. The van der Waals surface area contributed by atoms with Crippen molar-refractivity contribution in [1.82, 2.24) is 25.0 Å². The Balaban J connectivity index is 1.68. The SMILES string of the molecule is O=[SH](=O)c1ccccc1Cn1nnc2c(N3CCC(F)(F)C3)nc(C(F)(F)c3ccccc3)nc21. The summed E-state index contributed by atoms with van der Waals surface area (Å²) in [6, 6.07) is 13.0. The second kappa shape index (κ2) is 8.56. The van der Waals surface area contributed by atoms with Gasteiger partial charge in [0.05, 0.1) is 18.0 Å². The summed E-state index contributed by atoms with van der Waals surface area (Å²) in [5.74, 6) is -7.72. The Kier molecular flexibility index (Phi) is 5.66. The van der Waals surface area contributed by atoms with Gasteiger partial charge in [0.2, 0.25) is 5.82 Å². The lowest BCUT2D eigenvalue weighted by Gasteiger charge is -2.21. The maximum absolute atomic E-state index is 15.4. The minimum atomic E-state index is -3.64. The number of benzene rings is 2. The van der Waals surface area contributed by atoms with Gasteiger partial charge in [-0.15, -0.1) is 5.10 Å². The van der Waals surface area contributed by atoms with Crippen LogP contribution in [0.5, 0.6) is 0 Å². The molecular formula is C22H18F4N6O2S. The van der Waals surface area contributed by atoms with Gasteiger partial charge in [0.15, 0.2) is 27.7 Å².